The van der Waals surface area contributed by atoms with Crippen molar-refractivity contribution < 1.29 is 18.0 Å². The summed E-state index contributed by atoms with van der Waals surface area (Å²) in [5, 5.41) is 0. The molecule has 1 aliphatic rings. The second-order valence-corrected chi connectivity index (χ2v) is 6.57. The van der Waals surface area contributed by atoms with Crippen LogP contribution in [0.25, 0.3) is 0 Å². The number of alkyl halides is 3. The fraction of sp³-hybridized carbons (Fsp3) is 0.462. The van der Waals surface area contributed by atoms with E-state index < -0.39 is 17.2 Å². The first-order valence-corrected chi connectivity index (χ1v) is 7.87. The summed E-state index contributed by atoms with van der Waals surface area (Å²) in [5.41, 5.74) is -3.45. The zero-order valence-corrected chi connectivity index (χ0v) is 12.9. The predicted molar refractivity (Wildman–Crippen MR) is 76.2 cm³/mol. The molecule has 0 atom stereocenters. The molecule has 2 nitrogen and oxygen atoms in total. The SMILES string of the molecule is O=C(CSC(F)(F)F)N(Cc1cccc(Br)c1)C1CC1. The van der Waals surface area contributed by atoms with Gasteiger partial charge in [-0.15, -0.1) is 0 Å². The van der Waals surface area contributed by atoms with Gasteiger partial charge in [0.15, 0.2) is 0 Å². The molecule has 1 aromatic carbocycles. The number of rotatable bonds is 5. The molecule has 0 aliphatic heterocycles. The highest BCUT2D eigenvalue weighted by atomic mass is 79.9. The Morgan fingerprint density at radius 1 is 1.40 bits per heavy atom. The van der Waals surface area contributed by atoms with Crippen molar-refractivity contribution in [2.45, 2.75) is 30.9 Å². The van der Waals surface area contributed by atoms with Crippen LogP contribution in [0.1, 0.15) is 18.4 Å². The number of hydrogen-bond donors (Lipinski definition) is 0. The molecule has 7 heteroatoms. The summed E-state index contributed by atoms with van der Waals surface area (Å²) in [7, 11) is 0. The minimum Gasteiger partial charge on any atom is -0.335 e. The minimum absolute atomic E-state index is 0.0929. The average Bonchev–Trinajstić information content (AvgIpc) is 3.16. The van der Waals surface area contributed by atoms with E-state index in [2.05, 4.69) is 15.9 Å². The average molecular weight is 368 g/mol. The molecule has 0 heterocycles. The van der Waals surface area contributed by atoms with Gasteiger partial charge in [-0.2, -0.15) is 13.2 Å². The van der Waals surface area contributed by atoms with Crippen molar-refractivity contribution in [1.82, 2.24) is 4.90 Å². The van der Waals surface area contributed by atoms with Crippen LogP contribution in [0.4, 0.5) is 13.2 Å². The Hall–Kier alpha value is -0.690. The van der Waals surface area contributed by atoms with Gasteiger partial charge in [-0.05, 0) is 42.3 Å². The van der Waals surface area contributed by atoms with Crippen molar-refractivity contribution in [2.75, 3.05) is 5.75 Å². The van der Waals surface area contributed by atoms with Gasteiger partial charge in [-0.1, -0.05) is 28.1 Å². The van der Waals surface area contributed by atoms with Crippen LogP contribution >= 0.6 is 27.7 Å². The molecule has 0 spiro atoms. The molecule has 1 aliphatic carbocycles. The maximum Gasteiger partial charge on any atom is 0.442 e. The van der Waals surface area contributed by atoms with Crippen LogP contribution in [-0.4, -0.2) is 28.1 Å². The molecule has 0 bridgehead atoms. The topological polar surface area (TPSA) is 20.3 Å². The fourth-order valence-corrected chi connectivity index (χ4v) is 2.77. The Morgan fingerprint density at radius 2 is 2.10 bits per heavy atom. The van der Waals surface area contributed by atoms with Crippen molar-refractivity contribution in [3.63, 3.8) is 0 Å². The van der Waals surface area contributed by atoms with E-state index in [1.54, 1.807) is 4.90 Å². The third-order valence-electron chi connectivity index (χ3n) is 2.91. The standard InChI is InChI=1S/C13H13BrF3NOS/c14-10-3-1-2-9(6-10)7-18(11-4-5-11)12(19)8-20-13(15,16)17/h1-3,6,11H,4-5,7-8H2. The zero-order chi connectivity index (χ0) is 14.8. The van der Waals surface area contributed by atoms with Crippen molar-refractivity contribution in [3.05, 3.63) is 34.3 Å². The van der Waals surface area contributed by atoms with E-state index in [1.807, 2.05) is 24.3 Å². The van der Waals surface area contributed by atoms with Gasteiger partial charge in [-0.3, -0.25) is 4.79 Å². The smallest absolute Gasteiger partial charge is 0.335 e. The summed E-state index contributed by atoms with van der Waals surface area (Å²) in [5.74, 6) is -0.997. The van der Waals surface area contributed by atoms with E-state index >= 15 is 0 Å². The molecular formula is C13H13BrF3NOS. The van der Waals surface area contributed by atoms with Gasteiger partial charge >= 0.3 is 5.51 Å². The van der Waals surface area contributed by atoms with E-state index in [-0.39, 0.29) is 17.8 Å². The van der Waals surface area contributed by atoms with Crippen molar-refractivity contribution in [2.24, 2.45) is 0 Å². The maximum absolute atomic E-state index is 12.2. The second kappa shape index (κ2) is 6.39. The van der Waals surface area contributed by atoms with Crippen LogP contribution in [0.15, 0.2) is 28.7 Å². The van der Waals surface area contributed by atoms with Gasteiger partial charge in [0.25, 0.3) is 0 Å². The highest BCUT2D eigenvalue weighted by Gasteiger charge is 2.35. The number of thioether (sulfide) groups is 1. The quantitative estimate of drug-likeness (QED) is 0.777. The minimum atomic E-state index is -4.36. The summed E-state index contributed by atoms with van der Waals surface area (Å²) in [6.07, 6.45) is 1.74. The van der Waals surface area contributed by atoms with Gasteiger partial charge in [0.05, 0.1) is 5.75 Å². The van der Waals surface area contributed by atoms with Crippen LogP contribution < -0.4 is 0 Å². The number of amides is 1. The van der Waals surface area contributed by atoms with Gasteiger partial charge < -0.3 is 4.90 Å². The zero-order valence-electron chi connectivity index (χ0n) is 10.5. The number of nitrogens with zero attached hydrogens (tertiary/aromatic N) is 1. The highest BCUT2D eigenvalue weighted by molar-refractivity contribution is 9.10. The number of carbonyl (C=O) groups excluding carboxylic acids is 1. The van der Waals surface area contributed by atoms with Crippen LogP contribution in [0.3, 0.4) is 0 Å². The second-order valence-electron chi connectivity index (χ2n) is 4.62. The lowest BCUT2D eigenvalue weighted by atomic mass is 10.2. The largest absolute Gasteiger partial charge is 0.442 e. The molecular weight excluding hydrogens is 355 g/mol. The molecule has 20 heavy (non-hydrogen) atoms. The molecule has 0 saturated heterocycles. The fourth-order valence-electron chi connectivity index (χ4n) is 1.87. The summed E-state index contributed by atoms with van der Waals surface area (Å²) in [6, 6.07) is 7.55. The Balaban J connectivity index is 1.98. The lowest BCUT2D eigenvalue weighted by Gasteiger charge is -2.22. The van der Waals surface area contributed by atoms with Crippen molar-refractivity contribution in [1.29, 1.82) is 0 Å². The van der Waals surface area contributed by atoms with Gasteiger partial charge in [0.1, 0.15) is 0 Å². The summed E-state index contributed by atoms with van der Waals surface area (Å²) < 4.78 is 37.4. The molecule has 0 N–H and O–H groups in total. The molecule has 0 radical (unpaired) electrons. The van der Waals surface area contributed by atoms with Gasteiger partial charge in [0, 0.05) is 17.1 Å². The Morgan fingerprint density at radius 3 is 2.65 bits per heavy atom. The van der Waals surface area contributed by atoms with E-state index in [4.69, 9.17) is 0 Å². The van der Waals surface area contributed by atoms with Gasteiger partial charge in [-0.25, -0.2) is 0 Å². The first kappa shape index (κ1) is 15.7. The summed E-state index contributed by atoms with van der Waals surface area (Å²) in [4.78, 5) is 13.5. The highest BCUT2D eigenvalue weighted by Crippen LogP contribution is 2.33. The van der Waals surface area contributed by atoms with E-state index in [1.165, 1.54) is 0 Å². The first-order valence-electron chi connectivity index (χ1n) is 6.10. The van der Waals surface area contributed by atoms with E-state index in [9.17, 15) is 18.0 Å². The predicted octanol–water partition coefficient (Wildman–Crippen LogP) is 4.19. The van der Waals surface area contributed by atoms with Crippen molar-refractivity contribution in [3.8, 4) is 0 Å². The maximum atomic E-state index is 12.2. The first-order chi connectivity index (χ1) is 9.35. The van der Waals surface area contributed by atoms with Crippen LogP contribution in [-0.2, 0) is 11.3 Å². The summed E-state index contributed by atoms with van der Waals surface area (Å²) in [6.45, 7) is 0.362. The molecule has 0 aromatic heterocycles. The molecule has 1 saturated carbocycles. The third kappa shape index (κ3) is 5.01. The number of carbonyl (C=O) groups is 1. The Kier molecular flexibility index (Phi) is 5.01. The van der Waals surface area contributed by atoms with E-state index in [0.717, 1.165) is 22.9 Å². The molecule has 2 rings (SSSR count). The molecule has 1 aromatic rings. The lowest BCUT2D eigenvalue weighted by molar-refractivity contribution is -0.129. The molecule has 1 fully saturated rings. The Labute approximate surface area is 127 Å². The molecule has 110 valence electrons. The molecule has 0 unspecified atom stereocenters. The summed E-state index contributed by atoms with van der Waals surface area (Å²) >= 11 is 3.07. The lowest BCUT2D eigenvalue weighted by Crippen LogP contribution is -2.34. The van der Waals surface area contributed by atoms with Crippen molar-refractivity contribution >= 4 is 33.6 Å². The number of hydrogen-bond acceptors (Lipinski definition) is 2. The number of halogens is 4. The molecule has 1 amide bonds. The number of benzene rings is 1. The van der Waals surface area contributed by atoms with E-state index in [0.29, 0.717) is 6.54 Å². The van der Waals surface area contributed by atoms with Crippen LogP contribution in [0.2, 0.25) is 0 Å². The Bertz CT molecular complexity index is 491. The monoisotopic (exact) mass is 367 g/mol. The van der Waals surface area contributed by atoms with Crippen LogP contribution in [0.5, 0.6) is 0 Å². The van der Waals surface area contributed by atoms with Crippen LogP contribution in [0, 0.1) is 0 Å². The third-order valence-corrected chi connectivity index (χ3v) is 4.12. The van der Waals surface area contributed by atoms with Gasteiger partial charge in [0.2, 0.25) is 5.91 Å². The normalized spacial score (nSPS) is 15.2.